The summed E-state index contributed by atoms with van der Waals surface area (Å²) in [4.78, 5) is 16.1. The van der Waals surface area contributed by atoms with Gasteiger partial charge in [0, 0.05) is 10.2 Å². The van der Waals surface area contributed by atoms with Gasteiger partial charge in [-0.25, -0.2) is 4.98 Å². The molecule has 1 aromatic heterocycles. The smallest absolute Gasteiger partial charge is 0.254 e. The van der Waals surface area contributed by atoms with Crippen LogP contribution in [0.15, 0.2) is 28.7 Å². The Bertz CT molecular complexity index is 728. The number of benzene rings is 1. The van der Waals surface area contributed by atoms with E-state index in [0.717, 1.165) is 40.6 Å². The zero-order chi connectivity index (χ0) is 15.0. The Labute approximate surface area is 131 Å². The maximum absolute atomic E-state index is 11.6. The molecule has 0 spiro atoms. The predicted molar refractivity (Wildman–Crippen MR) is 83.7 cm³/mol. The Morgan fingerprint density at radius 3 is 2.86 bits per heavy atom. The summed E-state index contributed by atoms with van der Waals surface area (Å²) < 4.78 is 6.83. The summed E-state index contributed by atoms with van der Waals surface area (Å²) in [6.45, 7) is 1.94. The third kappa shape index (κ3) is 2.78. The largest absolute Gasteiger partial charge is 0.438 e. The van der Waals surface area contributed by atoms with Gasteiger partial charge in [-0.1, -0.05) is 15.9 Å². The number of halogens is 1. The van der Waals surface area contributed by atoms with Crippen LogP contribution in [-0.4, -0.2) is 10.9 Å². The summed E-state index contributed by atoms with van der Waals surface area (Å²) in [5.74, 6) is 0.460. The molecular weight excluding hydrogens is 332 g/mol. The zero-order valence-electron chi connectivity index (χ0n) is 11.6. The van der Waals surface area contributed by atoms with E-state index in [-0.39, 0.29) is 0 Å². The molecule has 0 saturated carbocycles. The van der Waals surface area contributed by atoms with Crippen molar-refractivity contribution in [3.8, 4) is 11.6 Å². The molecule has 1 heterocycles. The van der Waals surface area contributed by atoms with Crippen molar-refractivity contribution in [1.82, 2.24) is 4.98 Å². The molecule has 0 radical (unpaired) electrons. The molecule has 0 unspecified atom stereocenters. The number of hydrogen-bond acceptors (Lipinski definition) is 3. The number of rotatable bonds is 3. The SMILES string of the molecule is Cc1cc(Br)ccc1Oc1nc2c(cc1C(N)=O)CCC2. The molecule has 1 aliphatic carbocycles. The third-order valence-electron chi connectivity index (χ3n) is 3.62. The molecule has 4 nitrogen and oxygen atoms in total. The lowest BCUT2D eigenvalue weighted by Gasteiger charge is -2.12. The number of fused-ring (bicyclic) bond motifs is 1. The number of nitrogens with zero attached hydrogens (tertiary/aromatic N) is 1. The van der Waals surface area contributed by atoms with E-state index in [0.29, 0.717) is 17.2 Å². The summed E-state index contributed by atoms with van der Waals surface area (Å²) in [5, 5.41) is 0. The van der Waals surface area contributed by atoms with Crippen LogP contribution in [0.1, 0.15) is 33.6 Å². The molecule has 1 aromatic carbocycles. The van der Waals surface area contributed by atoms with Gasteiger partial charge < -0.3 is 10.5 Å². The molecule has 1 aliphatic rings. The quantitative estimate of drug-likeness (QED) is 0.924. The van der Waals surface area contributed by atoms with E-state index < -0.39 is 5.91 Å². The van der Waals surface area contributed by atoms with E-state index in [1.165, 1.54) is 0 Å². The summed E-state index contributed by atoms with van der Waals surface area (Å²) >= 11 is 3.41. The number of carbonyl (C=O) groups is 1. The van der Waals surface area contributed by atoms with Crippen LogP contribution < -0.4 is 10.5 Å². The molecule has 5 heteroatoms. The number of nitrogens with two attached hydrogens (primary N) is 1. The van der Waals surface area contributed by atoms with Gasteiger partial charge in [-0.2, -0.15) is 0 Å². The molecule has 0 atom stereocenters. The Balaban J connectivity index is 2.03. The first-order valence-electron chi connectivity index (χ1n) is 6.81. The van der Waals surface area contributed by atoms with E-state index >= 15 is 0 Å². The minimum absolute atomic E-state index is 0.300. The maximum Gasteiger partial charge on any atom is 0.254 e. The Hall–Kier alpha value is -1.88. The molecule has 0 saturated heterocycles. The normalized spacial score (nSPS) is 13.0. The first-order valence-corrected chi connectivity index (χ1v) is 7.60. The summed E-state index contributed by atoms with van der Waals surface area (Å²) in [5.41, 5.74) is 8.87. The van der Waals surface area contributed by atoms with Crippen LogP contribution in [0.2, 0.25) is 0 Å². The van der Waals surface area contributed by atoms with Gasteiger partial charge in [-0.3, -0.25) is 4.79 Å². The summed E-state index contributed by atoms with van der Waals surface area (Å²) in [7, 11) is 0. The molecule has 3 rings (SSSR count). The molecule has 0 fully saturated rings. The standard InChI is InChI=1S/C16H15BrN2O2/c1-9-7-11(17)5-6-14(9)21-16-12(15(18)20)8-10-3-2-4-13(10)19-16/h5-8H,2-4H2,1H3,(H2,18,20). The Morgan fingerprint density at radius 2 is 2.14 bits per heavy atom. The fraction of sp³-hybridized carbons (Fsp3) is 0.250. The van der Waals surface area contributed by atoms with Crippen molar-refractivity contribution in [1.29, 1.82) is 0 Å². The first-order chi connectivity index (χ1) is 10.0. The second kappa shape index (κ2) is 5.48. The highest BCUT2D eigenvalue weighted by Gasteiger charge is 2.20. The molecule has 1 amide bonds. The van der Waals surface area contributed by atoms with Gasteiger partial charge in [0.25, 0.3) is 5.91 Å². The van der Waals surface area contributed by atoms with Crippen molar-refractivity contribution < 1.29 is 9.53 Å². The average Bonchev–Trinajstić information content (AvgIpc) is 2.88. The van der Waals surface area contributed by atoms with Crippen molar-refractivity contribution in [2.75, 3.05) is 0 Å². The van der Waals surface area contributed by atoms with Gasteiger partial charge >= 0.3 is 0 Å². The molecule has 2 N–H and O–H groups in total. The highest BCUT2D eigenvalue weighted by Crippen LogP contribution is 2.31. The number of primary amides is 1. The van der Waals surface area contributed by atoms with Crippen LogP contribution in [0.25, 0.3) is 0 Å². The fourth-order valence-electron chi connectivity index (χ4n) is 2.54. The number of aryl methyl sites for hydroxylation is 3. The zero-order valence-corrected chi connectivity index (χ0v) is 13.2. The molecule has 0 aliphatic heterocycles. The van der Waals surface area contributed by atoms with Crippen LogP contribution >= 0.6 is 15.9 Å². The van der Waals surface area contributed by atoms with E-state index in [1.54, 1.807) is 0 Å². The molecule has 21 heavy (non-hydrogen) atoms. The van der Waals surface area contributed by atoms with Crippen LogP contribution in [0, 0.1) is 6.92 Å². The van der Waals surface area contributed by atoms with Crippen LogP contribution in [-0.2, 0) is 12.8 Å². The second-order valence-corrected chi connectivity index (χ2v) is 6.09. The van der Waals surface area contributed by atoms with Crippen LogP contribution in [0.5, 0.6) is 11.6 Å². The number of ether oxygens (including phenoxy) is 1. The molecule has 2 aromatic rings. The minimum atomic E-state index is -0.512. The average molecular weight is 347 g/mol. The molecule has 0 bridgehead atoms. The van der Waals surface area contributed by atoms with E-state index in [1.807, 2.05) is 31.2 Å². The van der Waals surface area contributed by atoms with Gasteiger partial charge in [-0.15, -0.1) is 0 Å². The lowest BCUT2D eigenvalue weighted by molar-refractivity contribution is 0.0997. The fourth-order valence-corrected chi connectivity index (χ4v) is 3.01. The van der Waals surface area contributed by atoms with Crippen LogP contribution in [0.3, 0.4) is 0 Å². The number of carbonyl (C=O) groups excluding carboxylic acids is 1. The monoisotopic (exact) mass is 346 g/mol. The van der Waals surface area contributed by atoms with Gasteiger partial charge in [0.1, 0.15) is 11.3 Å². The summed E-state index contributed by atoms with van der Waals surface area (Å²) in [6.07, 6.45) is 2.92. The van der Waals surface area contributed by atoms with Gasteiger partial charge in [0.15, 0.2) is 0 Å². The van der Waals surface area contributed by atoms with Crippen molar-refractivity contribution in [3.05, 3.63) is 51.1 Å². The number of hydrogen-bond donors (Lipinski definition) is 1. The summed E-state index contributed by atoms with van der Waals surface area (Å²) in [6, 6.07) is 7.51. The maximum atomic E-state index is 11.6. The van der Waals surface area contributed by atoms with Gasteiger partial charge in [-0.05, 0) is 61.6 Å². The topological polar surface area (TPSA) is 65.2 Å². The first kappa shape index (κ1) is 14.1. The number of amides is 1. The highest BCUT2D eigenvalue weighted by molar-refractivity contribution is 9.10. The molecule has 108 valence electrons. The van der Waals surface area contributed by atoms with Crippen molar-refractivity contribution in [2.45, 2.75) is 26.2 Å². The Kier molecular flexibility index (Phi) is 3.68. The predicted octanol–water partition coefficient (Wildman–Crippen LogP) is 3.53. The second-order valence-electron chi connectivity index (χ2n) is 5.18. The van der Waals surface area contributed by atoms with Crippen molar-refractivity contribution in [3.63, 3.8) is 0 Å². The number of aromatic nitrogens is 1. The van der Waals surface area contributed by atoms with Gasteiger partial charge in [0.05, 0.1) is 0 Å². The van der Waals surface area contributed by atoms with E-state index in [2.05, 4.69) is 20.9 Å². The van der Waals surface area contributed by atoms with Crippen molar-refractivity contribution >= 4 is 21.8 Å². The number of pyridine rings is 1. The Morgan fingerprint density at radius 1 is 1.33 bits per heavy atom. The van der Waals surface area contributed by atoms with Crippen molar-refractivity contribution in [2.24, 2.45) is 5.73 Å². The van der Waals surface area contributed by atoms with E-state index in [4.69, 9.17) is 10.5 Å². The van der Waals surface area contributed by atoms with E-state index in [9.17, 15) is 4.79 Å². The van der Waals surface area contributed by atoms with Gasteiger partial charge in [0.2, 0.25) is 5.88 Å². The molecular formula is C16H15BrN2O2. The third-order valence-corrected chi connectivity index (χ3v) is 4.12. The van der Waals surface area contributed by atoms with Crippen LogP contribution in [0.4, 0.5) is 0 Å². The minimum Gasteiger partial charge on any atom is -0.438 e. The lowest BCUT2D eigenvalue weighted by Crippen LogP contribution is -2.14. The lowest BCUT2D eigenvalue weighted by atomic mass is 10.1. The highest BCUT2D eigenvalue weighted by atomic mass is 79.9.